The molecule has 0 rings (SSSR count). The highest BCUT2D eigenvalue weighted by atomic mass is 16.5. The second-order valence-electron chi connectivity index (χ2n) is 3.67. The maximum absolute atomic E-state index is 11.5. The minimum atomic E-state index is -0.436. The molecule has 0 unspecified atom stereocenters. The van der Waals surface area contributed by atoms with Gasteiger partial charge in [0.2, 0.25) is 0 Å². The maximum Gasteiger partial charge on any atom is 0.325 e. The molecule has 6 heteroatoms. The molecular weight excluding hydrogens is 224 g/mol. The second kappa shape index (κ2) is 9.89. The molecule has 0 aromatic heterocycles. The number of urea groups is 1. The Labute approximate surface area is 102 Å². The first-order valence-electron chi connectivity index (χ1n) is 5.87. The first-order chi connectivity index (χ1) is 8.11. The van der Waals surface area contributed by atoms with E-state index < -0.39 is 5.97 Å². The summed E-state index contributed by atoms with van der Waals surface area (Å²) in [6.45, 7) is 2.71. The quantitative estimate of drug-likeness (QED) is 0.478. The number of rotatable bonds is 8. The number of carbonyl (C=O) groups excluding carboxylic acids is 2. The SMILES string of the molecule is CCOC(=O)CNC(=O)N(C)CCCCCO. The fourth-order valence-corrected chi connectivity index (χ4v) is 1.23. The van der Waals surface area contributed by atoms with Crippen molar-refractivity contribution < 1.29 is 19.4 Å². The molecule has 0 aliphatic heterocycles. The first-order valence-corrected chi connectivity index (χ1v) is 5.87. The summed E-state index contributed by atoms with van der Waals surface area (Å²) in [4.78, 5) is 24.0. The van der Waals surface area contributed by atoms with Crippen LogP contribution in [0.25, 0.3) is 0 Å². The predicted molar refractivity (Wildman–Crippen MR) is 63.6 cm³/mol. The van der Waals surface area contributed by atoms with E-state index >= 15 is 0 Å². The van der Waals surface area contributed by atoms with Gasteiger partial charge in [-0.3, -0.25) is 4.79 Å². The van der Waals surface area contributed by atoms with Gasteiger partial charge in [0, 0.05) is 20.2 Å². The molecule has 0 aliphatic carbocycles. The van der Waals surface area contributed by atoms with Crippen LogP contribution in [-0.4, -0.2) is 55.4 Å². The van der Waals surface area contributed by atoms with Gasteiger partial charge in [-0.1, -0.05) is 0 Å². The number of nitrogens with zero attached hydrogens (tertiary/aromatic N) is 1. The van der Waals surface area contributed by atoms with Crippen LogP contribution in [0, 0.1) is 0 Å². The van der Waals surface area contributed by atoms with E-state index in [0.29, 0.717) is 13.2 Å². The van der Waals surface area contributed by atoms with Crippen LogP contribution in [0.4, 0.5) is 4.79 Å². The Bertz CT molecular complexity index is 234. The molecule has 0 aromatic rings. The summed E-state index contributed by atoms with van der Waals surface area (Å²) < 4.78 is 4.69. The topological polar surface area (TPSA) is 78.9 Å². The molecule has 6 nitrogen and oxygen atoms in total. The van der Waals surface area contributed by atoms with Gasteiger partial charge in [-0.05, 0) is 26.2 Å². The van der Waals surface area contributed by atoms with E-state index in [0.717, 1.165) is 19.3 Å². The number of aliphatic hydroxyl groups is 1. The average molecular weight is 246 g/mol. The van der Waals surface area contributed by atoms with E-state index in [9.17, 15) is 9.59 Å². The molecule has 2 amide bonds. The highest BCUT2D eigenvalue weighted by molar-refractivity contribution is 5.80. The van der Waals surface area contributed by atoms with Gasteiger partial charge in [0.05, 0.1) is 6.61 Å². The number of hydrogen-bond acceptors (Lipinski definition) is 4. The van der Waals surface area contributed by atoms with Crippen molar-refractivity contribution in [2.75, 3.05) is 33.4 Å². The molecule has 0 spiro atoms. The predicted octanol–water partition coefficient (Wildman–Crippen LogP) is 0.353. The van der Waals surface area contributed by atoms with E-state index in [1.807, 2.05) is 0 Å². The molecular formula is C11H22N2O4. The first kappa shape index (κ1) is 15.7. The van der Waals surface area contributed by atoms with E-state index in [-0.39, 0.29) is 19.2 Å². The van der Waals surface area contributed by atoms with Gasteiger partial charge < -0.3 is 20.1 Å². The Hall–Kier alpha value is -1.30. The lowest BCUT2D eigenvalue weighted by atomic mass is 10.2. The van der Waals surface area contributed by atoms with E-state index in [4.69, 9.17) is 5.11 Å². The normalized spacial score (nSPS) is 9.82. The number of aliphatic hydroxyl groups excluding tert-OH is 1. The Morgan fingerprint density at radius 3 is 2.59 bits per heavy atom. The number of ether oxygens (including phenoxy) is 1. The number of amides is 2. The van der Waals surface area contributed by atoms with Crippen LogP contribution in [0.3, 0.4) is 0 Å². The summed E-state index contributed by atoms with van der Waals surface area (Å²) in [7, 11) is 1.67. The van der Waals surface area contributed by atoms with Crippen LogP contribution in [0.1, 0.15) is 26.2 Å². The van der Waals surface area contributed by atoms with Crippen molar-refractivity contribution in [2.45, 2.75) is 26.2 Å². The van der Waals surface area contributed by atoms with Gasteiger partial charge in [0.25, 0.3) is 0 Å². The van der Waals surface area contributed by atoms with E-state index in [2.05, 4.69) is 10.1 Å². The Balaban J connectivity index is 3.63. The summed E-state index contributed by atoms with van der Waals surface area (Å²) in [5.74, 6) is -0.436. The van der Waals surface area contributed by atoms with E-state index in [1.54, 1.807) is 14.0 Å². The molecule has 0 bridgehead atoms. The third-order valence-corrected chi connectivity index (χ3v) is 2.19. The van der Waals surface area contributed by atoms with Crippen molar-refractivity contribution in [3.8, 4) is 0 Å². The standard InChI is InChI=1S/C11H22N2O4/c1-3-17-10(15)9-12-11(16)13(2)7-5-4-6-8-14/h14H,3-9H2,1-2H3,(H,12,16). The summed E-state index contributed by atoms with van der Waals surface area (Å²) in [5.41, 5.74) is 0. The molecule has 0 atom stereocenters. The van der Waals surface area contributed by atoms with Crippen molar-refractivity contribution in [1.29, 1.82) is 0 Å². The van der Waals surface area contributed by atoms with Crippen LogP contribution in [0.5, 0.6) is 0 Å². The highest BCUT2D eigenvalue weighted by Crippen LogP contribution is 1.96. The van der Waals surface area contributed by atoms with Crippen LogP contribution in [0.15, 0.2) is 0 Å². The van der Waals surface area contributed by atoms with Crippen LogP contribution in [0.2, 0.25) is 0 Å². The van der Waals surface area contributed by atoms with Crippen molar-refractivity contribution >= 4 is 12.0 Å². The zero-order valence-electron chi connectivity index (χ0n) is 10.6. The summed E-state index contributed by atoms with van der Waals surface area (Å²) in [6, 6.07) is -0.290. The van der Waals surface area contributed by atoms with Gasteiger partial charge in [-0.2, -0.15) is 0 Å². The van der Waals surface area contributed by atoms with Gasteiger partial charge in [-0.15, -0.1) is 0 Å². The van der Waals surface area contributed by atoms with Crippen molar-refractivity contribution in [3.05, 3.63) is 0 Å². The molecule has 0 radical (unpaired) electrons. The van der Waals surface area contributed by atoms with Gasteiger partial charge >= 0.3 is 12.0 Å². The zero-order chi connectivity index (χ0) is 13.1. The van der Waals surface area contributed by atoms with Crippen molar-refractivity contribution in [3.63, 3.8) is 0 Å². The molecule has 17 heavy (non-hydrogen) atoms. The van der Waals surface area contributed by atoms with Crippen LogP contribution >= 0.6 is 0 Å². The number of carbonyl (C=O) groups is 2. The number of nitrogens with one attached hydrogen (secondary N) is 1. The minimum Gasteiger partial charge on any atom is -0.465 e. The van der Waals surface area contributed by atoms with Gasteiger partial charge in [-0.25, -0.2) is 4.79 Å². The van der Waals surface area contributed by atoms with Crippen molar-refractivity contribution in [2.24, 2.45) is 0 Å². The molecule has 0 saturated heterocycles. The summed E-state index contributed by atoms with van der Waals surface area (Å²) >= 11 is 0. The number of hydrogen-bond donors (Lipinski definition) is 2. The molecule has 2 N–H and O–H groups in total. The Kier molecular flexibility index (Phi) is 9.14. The lowest BCUT2D eigenvalue weighted by molar-refractivity contribution is -0.141. The molecule has 0 fully saturated rings. The molecule has 0 saturated carbocycles. The fourth-order valence-electron chi connectivity index (χ4n) is 1.23. The smallest absolute Gasteiger partial charge is 0.325 e. The third kappa shape index (κ3) is 8.50. The Morgan fingerprint density at radius 2 is 2.00 bits per heavy atom. The number of esters is 1. The third-order valence-electron chi connectivity index (χ3n) is 2.19. The van der Waals surface area contributed by atoms with Crippen molar-refractivity contribution in [1.82, 2.24) is 10.2 Å². The summed E-state index contributed by atoms with van der Waals surface area (Å²) in [5, 5.41) is 11.1. The molecule has 0 aliphatic rings. The fraction of sp³-hybridized carbons (Fsp3) is 0.818. The maximum atomic E-state index is 11.5. The average Bonchev–Trinajstić information content (AvgIpc) is 2.31. The largest absolute Gasteiger partial charge is 0.465 e. The lowest BCUT2D eigenvalue weighted by Crippen LogP contribution is -2.40. The monoisotopic (exact) mass is 246 g/mol. The van der Waals surface area contributed by atoms with Crippen LogP contribution < -0.4 is 5.32 Å². The molecule has 100 valence electrons. The van der Waals surface area contributed by atoms with Gasteiger partial charge in [0.15, 0.2) is 0 Å². The van der Waals surface area contributed by atoms with E-state index in [1.165, 1.54) is 4.90 Å². The highest BCUT2D eigenvalue weighted by Gasteiger charge is 2.09. The van der Waals surface area contributed by atoms with Gasteiger partial charge in [0.1, 0.15) is 6.54 Å². The minimum absolute atomic E-state index is 0.104. The lowest BCUT2D eigenvalue weighted by Gasteiger charge is -2.17. The second-order valence-corrected chi connectivity index (χ2v) is 3.67. The summed E-state index contributed by atoms with van der Waals surface area (Å²) in [6.07, 6.45) is 2.47. The Morgan fingerprint density at radius 1 is 1.29 bits per heavy atom. The number of unbranched alkanes of at least 4 members (excludes halogenated alkanes) is 2. The zero-order valence-corrected chi connectivity index (χ0v) is 10.6. The molecule has 0 aromatic carbocycles. The van der Waals surface area contributed by atoms with Crippen LogP contribution in [-0.2, 0) is 9.53 Å². The molecule has 0 heterocycles.